The third-order valence-corrected chi connectivity index (χ3v) is 3.27. The molecule has 0 aliphatic heterocycles. The molecule has 1 nitrogen and oxygen atoms in total. The fourth-order valence-electron chi connectivity index (χ4n) is 1.69. The quantitative estimate of drug-likeness (QED) is 0.862. The van der Waals surface area contributed by atoms with E-state index in [1.165, 1.54) is 6.07 Å². The average Bonchev–Trinajstić information content (AvgIpc) is 2.18. The third kappa shape index (κ3) is 3.46. The molecule has 3 heteroatoms. The molecule has 1 rings (SSSR count). The second-order valence-electron chi connectivity index (χ2n) is 5.25. The third-order valence-electron chi connectivity index (χ3n) is 2.98. The van der Waals surface area contributed by atoms with Crippen molar-refractivity contribution in [3.8, 4) is 0 Å². The van der Waals surface area contributed by atoms with Gasteiger partial charge < -0.3 is 5.73 Å². The van der Waals surface area contributed by atoms with Gasteiger partial charge >= 0.3 is 0 Å². The molecule has 0 amide bonds. The summed E-state index contributed by atoms with van der Waals surface area (Å²) in [5.74, 6) is -0.000461. The van der Waals surface area contributed by atoms with E-state index < -0.39 is 0 Å². The molecule has 1 atom stereocenters. The lowest BCUT2D eigenvalue weighted by Gasteiger charge is -2.29. The summed E-state index contributed by atoms with van der Waals surface area (Å²) in [6, 6.07) is 4.87. The first kappa shape index (κ1) is 13.5. The van der Waals surface area contributed by atoms with Crippen molar-refractivity contribution in [2.45, 2.75) is 27.2 Å². The van der Waals surface area contributed by atoms with Crippen molar-refractivity contribution in [1.29, 1.82) is 0 Å². The topological polar surface area (TPSA) is 26.0 Å². The molecule has 1 aromatic rings. The summed E-state index contributed by atoms with van der Waals surface area (Å²) in [5, 5.41) is 0.183. The van der Waals surface area contributed by atoms with Gasteiger partial charge in [-0.25, -0.2) is 4.39 Å². The summed E-state index contributed by atoms with van der Waals surface area (Å²) in [7, 11) is 0. The van der Waals surface area contributed by atoms with Crippen LogP contribution in [0.3, 0.4) is 0 Å². The van der Waals surface area contributed by atoms with E-state index >= 15 is 0 Å². The number of hydrogen-bond donors (Lipinski definition) is 1. The maximum atomic E-state index is 13.0. The molecule has 0 bridgehead atoms. The first-order valence-electron chi connectivity index (χ1n) is 5.48. The number of nitrogens with two attached hydrogens (primary N) is 1. The molecule has 0 aromatic heterocycles. The molecule has 1 unspecified atom stereocenters. The summed E-state index contributed by atoms with van der Waals surface area (Å²) >= 11 is 5.75. The van der Waals surface area contributed by atoms with Gasteiger partial charge in [0.2, 0.25) is 0 Å². The Hall–Kier alpha value is -0.600. The highest BCUT2D eigenvalue weighted by Crippen LogP contribution is 2.29. The van der Waals surface area contributed by atoms with E-state index in [0.29, 0.717) is 12.5 Å². The van der Waals surface area contributed by atoms with Gasteiger partial charge in [-0.15, -0.1) is 0 Å². The van der Waals surface area contributed by atoms with Crippen LogP contribution in [0.25, 0.3) is 0 Å². The molecule has 0 spiro atoms. The molecule has 0 aliphatic carbocycles. The zero-order valence-corrected chi connectivity index (χ0v) is 10.8. The lowest BCUT2D eigenvalue weighted by molar-refractivity contribution is 0.246. The first-order valence-corrected chi connectivity index (χ1v) is 5.86. The second-order valence-corrected chi connectivity index (χ2v) is 5.66. The molecule has 0 heterocycles. The molecule has 0 fully saturated rings. The zero-order chi connectivity index (χ0) is 12.3. The lowest BCUT2D eigenvalue weighted by Crippen LogP contribution is -2.29. The SMILES string of the molecule is CC(C)(C)C(CN)Cc1ccc(F)c(Cl)c1. The maximum Gasteiger partial charge on any atom is 0.141 e. The van der Waals surface area contributed by atoms with Gasteiger partial charge in [-0.2, -0.15) is 0 Å². The van der Waals surface area contributed by atoms with Gasteiger partial charge in [-0.1, -0.05) is 38.4 Å². The van der Waals surface area contributed by atoms with Gasteiger partial charge in [0.15, 0.2) is 0 Å². The molecular formula is C13H19ClFN. The highest BCUT2D eigenvalue weighted by Gasteiger charge is 2.23. The van der Waals surface area contributed by atoms with Gasteiger partial charge in [0.25, 0.3) is 0 Å². The Bertz CT molecular complexity index is 357. The van der Waals surface area contributed by atoms with Crippen molar-refractivity contribution in [1.82, 2.24) is 0 Å². The van der Waals surface area contributed by atoms with Gasteiger partial charge in [0, 0.05) is 0 Å². The Kier molecular flexibility index (Phi) is 4.34. The van der Waals surface area contributed by atoms with Crippen LogP contribution in [0.1, 0.15) is 26.3 Å². The van der Waals surface area contributed by atoms with Crippen LogP contribution in [0, 0.1) is 17.2 Å². The normalized spacial score (nSPS) is 13.9. The minimum atomic E-state index is -0.370. The molecule has 0 saturated carbocycles. The summed E-state index contributed by atoms with van der Waals surface area (Å²) in [5.41, 5.74) is 6.95. The van der Waals surface area contributed by atoms with Crippen LogP contribution in [0.15, 0.2) is 18.2 Å². The van der Waals surface area contributed by atoms with E-state index in [9.17, 15) is 4.39 Å². The van der Waals surface area contributed by atoms with Crippen LogP contribution < -0.4 is 5.73 Å². The number of rotatable bonds is 3. The highest BCUT2D eigenvalue weighted by atomic mass is 35.5. The minimum Gasteiger partial charge on any atom is -0.330 e. The van der Waals surface area contributed by atoms with E-state index in [1.54, 1.807) is 12.1 Å². The smallest absolute Gasteiger partial charge is 0.141 e. The fraction of sp³-hybridized carbons (Fsp3) is 0.538. The average molecular weight is 244 g/mol. The standard InChI is InChI=1S/C13H19ClFN/c1-13(2,3)10(8-16)6-9-4-5-12(15)11(14)7-9/h4-5,7,10H,6,8,16H2,1-3H3. The Morgan fingerprint density at radius 1 is 1.38 bits per heavy atom. The van der Waals surface area contributed by atoms with Crippen molar-refractivity contribution in [2.24, 2.45) is 17.1 Å². The summed E-state index contributed by atoms with van der Waals surface area (Å²) in [4.78, 5) is 0. The van der Waals surface area contributed by atoms with Crippen molar-refractivity contribution in [3.63, 3.8) is 0 Å². The van der Waals surface area contributed by atoms with E-state index in [-0.39, 0.29) is 16.3 Å². The highest BCUT2D eigenvalue weighted by molar-refractivity contribution is 6.30. The van der Waals surface area contributed by atoms with Crippen LogP contribution in [-0.2, 0) is 6.42 Å². The summed E-state index contributed by atoms with van der Waals surface area (Å²) < 4.78 is 13.0. The van der Waals surface area contributed by atoms with Gasteiger partial charge in [-0.05, 0) is 42.0 Å². The van der Waals surface area contributed by atoms with Gasteiger partial charge in [-0.3, -0.25) is 0 Å². The molecule has 2 N–H and O–H groups in total. The Labute approximate surface area is 102 Å². The van der Waals surface area contributed by atoms with Gasteiger partial charge in [0.1, 0.15) is 5.82 Å². The molecular weight excluding hydrogens is 225 g/mol. The van der Waals surface area contributed by atoms with Crippen molar-refractivity contribution >= 4 is 11.6 Å². The zero-order valence-electron chi connectivity index (χ0n) is 10.1. The predicted octanol–water partition coefficient (Wildman–Crippen LogP) is 3.64. The van der Waals surface area contributed by atoms with E-state index in [0.717, 1.165) is 12.0 Å². The van der Waals surface area contributed by atoms with E-state index in [1.807, 2.05) is 0 Å². The number of benzene rings is 1. The second kappa shape index (κ2) is 5.15. The Morgan fingerprint density at radius 3 is 2.44 bits per heavy atom. The summed E-state index contributed by atoms with van der Waals surface area (Å²) in [6.07, 6.45) is 0.833. The van der Waals surface area contributed by atoms with Crippen LogP contribution >= 0.6 is 11.6 Å². The van der Waals surface area contributed by atoms with Crippen LogP contribution in [0.2, 0.25) is 5.02 Å². The Balaban J connectivity index is 2.83. The maximum absolute atomic E-state index is 13.0. The minimum absolute atomic E-state index is 0.148. The molecule has 0 saturated heterocycles. The Morgan fingerprint density at radius 2 is 2.00 bits per heavy atom. The van der Waals surface area contributed by atoms with Gasteiger partial charge in [0.05, 0.1) is 5.02 Å². The largest absolute Gasteiger partial charge is 0.330 e. The van der Waals surface area contributed by atoms with E-state index in [4.69, 9.17) is 17.3 Å². The van der Waals surface area contributed by atoms with Crippen molar-refractivity contribution < 1.29 is 4.39 Å². The molecule has 1 aromatic carbocycles. The summed E-state index contributed by atoms with van der Waals surface area (Å²) in [6.45, 7) is 7.11. The number of halogens is 2. The van der Waals surface area contributed by atoms with Crippen molar-refractivity contribution in [2.75, 3.05) is 6.54 Å². The predicted molar refractivity (Wildman–Crippen MR) is 67.1 cm³/mol. The number of hydrogen-bond acceptors (Lipinski definition) is 1. The molecule has 90 valence electrons. The van der Waals surface area contributed by atoms with Crippen molar-refractivity contribution in [3.05, 3.63) is 34.6 Å². The first-order chi connectivity index (χ1) is 7.34. The fourth-order valence-corrected chi connectivity index (χ4v) is 1.90. The molecule has 0 radical (unpaired) electrons. The lowest BCUT2D eigenvalue weighted by atomic mass is 9.77. The van der Waals surface area contributed by atoms with E-state index in [2.05, 4.69) is 20.8 Å². The molecule has 0 aliphatic rings. The van der Waals surface area contributed by atoms with Crippen LogP contribution in [0.4, 0.5) is 4.39 Å². The van der Waals surface area contributed by atoms with Crippen LogP contribution in [0.5, 0.6) is 0 Å². The molecule has 16 heavy (non-hydrogen) atoms. The monoisotopic (exact) mass is 243 g/mol. The van der Waals surface area contributed by atoms with Crippen LogP contribution in [-0.4, -0.2) is 6.54 Å².